The summed E-state index contributed by atoms with van der Waals surface area (Å²) in [4.78, 5) is 48.0. The number of amides is 3. The van der Waals surface area contributed by atoms with Gasteiger partial charge in [0.25, 0.3) is 0 Å². The molecular formula is C15H20N4O5S2. The minimum Gasteiger partial charge on any atom is -0.480 e. The third-order valence-electron chi connectivity index (χ3n) is 3.48. The van der Waals surface area contributed by atoms with Crippen LogP contribution in [-0.2, 0) is 25.6 Å². The first kappa shape index (κ1) is 20.3. The van der Waals surface area contributed by atoms with E-state index >= 15 is 0 Å². The molecule has 1 aliphatic rings. The maximum absolute atomic E-state index is 12.5. The lowest BCUT2D eigenvalue weighted by Gasteiger charge is -2.15. The SMILES string of the molecule is CC(=O)NC(CSC1CC(=O)N(c2nnc(CC(C)C)s2)C1=O)C(=O)O. The van der Waals surface area contributed by atoms with Crippen molar-refractivity contribution in [1.29, 1.82) is 0 Å². The Morgan fingerprint density at radius 3 is 2.65 bits per heavy atom. The summed E-state index contributed by atoms with van der Waals surface area (Å²) in [5, 5.41) is 19.7. The third-order valence-corrected chi connectivity index (χ3v) is 5.70. The van der Waals surface area contributed by atoms with Crippen LogP contribution in [0.4, 0.5) is 5.13 Å². The molecule has 1 aromatic heterocycles. The Hall–Kier alpha value is -2.01. The van der Waals surface area contributed by atoms with E-state index in [9.17, 15) is 19.2 Å². The fourth-order valence-corrected chi connectivity index (χ4v) is 4.57. The van der Waals surface area contributed by atoms with Gasteiger partial charge in [0.05, 0.1) is 5.25 Å². The Morgan fingerprint density at radius 1 is 1.38 bits per heavy atom. The lowest BCUT2D eigenvalue weighted by molar-refractivity contribution is -0.140. The van der Waals surface area contributed by atoms with Crippen LogP contribution in [0, 0.1) is 5.92 Å². The van der Waals surface area contributed by atoms with E-state index in [4.69, 9.17) is 5.11 Å². The van der Waals surface area contributed by atoms with Crippen molar-refractivity contribution in [1.82, 2.24) is 15.5 Å². The lowest BCUT2D eigenvalue weighted by atomic mass is 10.1. The van der Waals surface area contributed by atoms with Gasteiger partial charge in [-0.2, -0.15) is 0 Å². The van der Waals surface area contributed by atoms with E-state index in [1.165, 1.54) is 18.3 Å². The summed E-state index contributed by atoms with van der Waals surface area (Å²) in [5.74, 6) is -2.11. The molecule has 3 amide bonds. The number of anilines is 1. The van der Waals surface area contributed by atoms with Gasteiger partial charge in [0, 0.05) is 25.5 Å². The summed E-state index contributed by atoms with van der Waals surface area (Å²) < 4.78 is 0. The van der Waals surface area contributed by atoms with Crippen molar-refractivity contribution >= 4 is 51.9 Å². The second-order valence-electron chi connectivity index (χ2n) is 6.26. The molecule has 0 radical (unpaired) electrons. The van der Waals surface area contributed by atoms with Crippen LogP contribution >= 0.6 is 23.1 Å². The van der Waals surface area contributed by atoms with E-state index in [1.807, 2.05) is 13.8 Å². The van der Waals surface area contributed by atoms with Crippen molar-refractivity contribution in [3.8, 4) is 0 Å². The number of thioether (sulfide) groups is 1. The zero-order valence-electron chi connectivity index (χ0n) is 14.6. The number of carboxylic acids is 1. The lowest BCUT2D eigenvalue weighted by Crippen LogP contribution is -2.42. The van der Waals surface area contributed by atoms with Gasteiger partial charge in [0.2, 0.25) is 22.9 Å². The number of imide groups is 1. The summed E-state index contributed by atoms with van der Waals surface area (Å²) in [6, 6.07) is -1.12. The summed E-state index contributed by atoms with van der Waals surface area (Å²) in [7, 11) is 0. The van der Waals surface area contributed by atoms with Gasteiger partial charge in [0.15, 0.2) is 0 Å². The van der Waals surface area contributed by atoms with Gasteiger partial charge in [-0.3, -0.25) is 14.4 Å². The van der Waals surface area contributed by atoms with E-state index in [0.717, 1.165) is 21.7 Å². The number of carbonyl (C=O) groups excluding carboxylic acids is 3. The molecule has 26 heavy (non-hydrogen) atoms. The summed E-state index contributed by atoms with van der Waals surface area (Å²) in [5.41, 5.74) is 0. The van der Waals surface area contributed by atoms with Gasteiger partial charge in [-0.1, -0.05) is 25.2 Å². The average molecular weight is 400 g/mol. The fourth-order valence-electron chi connectivity index (χ4n) is 2.33. The summed E-state index contributed by atoms with van der Waals surface area (Å²) in [6.45, 7) is 5.29. The number of nitrogens with zero attached hydrogens (tertiary/aromatic N) is 3. The number of nitrogens with one attached hydrogen (secondary N) is 1. The first-order valence-corrected chi connectivity index (χ1v) is 9.86. The van der Waals surface area contributed by atoms with E-state index in [2.05, 4.69) is 15.5 Å². The molecule has 142 valence electrons. The Kier molecular flexibility index (Phi) is 6.70. The standard InChI is InChI=1S/C15H20N4O5S2/c1-7(2)4-11-17-18-15(26-11)19-12(21)5-10(13(19)22)25-6-9(14(23)24)16-8(3)20/h7,9-10H,4-6H2,1-3H3,(H,16,20)(H,23,24). The predicted molar refractivity (Wildman–Crippen MR) is 97.0 cm³/mol. The van der Waals surface area contributed by atoms with Gasteiger partial charge in [-0.25, -0.2) is 9.69 Å². The molecule has 2 N–H and O–H groups in total. The molecule has 1 fully saturated rings. The maximum Gasteiger partial charge on any atom is 0.327 e. The molecule has 2 atom stereocenters. The second-order valence-corrected chi connectivity index (χ2v) is 8.54. The van der Waals surface area contributed by atoms with Crippen LogP contribution in [0.2, 0.25) is 0 Å². The highest BCUT2D eigenvalue weighted by molar-refractivity contribution is 8.00. The summed E-state index contributed by atoms with van der Waals surface area (Å²) in [6.07, 6.45) is 0.679. The number of rotatable bonds is 8. The highest BCUT2D eigenvalue weighted by Crippen LogP contribution is 2.32. The maximum atomic E-state index is 12.5. The molecule has 1 aromatic rings. The molecule has 2 rings (SSSR count). The minimum atomic E-state index is -1.19. The van der Waals surface area contributed by atoms with Gasteiger partial charge in [-0.05, 0) is 5.92 Å². The monoisotopic (exact) mass is 400 g/mol. The van der Waals surface area contributed by atoms with Crippen molar-refractivity contribution in [2.24, 2.45) is 5.92 Å². The highest BCUT2D eigenvalue weighted by atomic mass is 32.2. The molecule has 0 spiro atoms. The van der Waals surface area contributed by atoms with E-state index < -0.39 is 29.1 Å². The normalized spacial score (nSPS) is 18.5. The predicted octanol–water partition coefficient (Wildman–Crippen LogP) is 0.691. The zero-order valence-corrected chi connectivity index (χ0v) is 16.2. The molecule has 0 saturated carbocycles. The van der Waals surface area contributed by atoms with Crippen molar-refractivity contribution in [2.45, 2.75) is 44.9 Å². The molecule has 2 heterocycles. The fraction of sp³-hybridized carbons (Fsp3) is 0.600. The second kappa shape index (κ2) is 8.58. The van der Waals surface area contributed by atoms with Crippen molar-refractivity contribution in [3.63, 3.8) is 0 Å². The van der Waals surface area contributed by atoms with Crippen LogP contribution in [-0.4, -0.2) is 56.0 Å². The van der Waals surface area contributed by atoms with Gasteiger partial charge >= 0.3 is 5.97 Å². The molecule has 0 bridgehead atoms. The Bertz CT molecular complexity index is 721. The Balaban J connectivity index is 2.02. The van der Waals surface area contributed by atoms with Crippen LogP contribution in [0.3, 0.4) is 0 Å². The van der Waals surface area contributed by atoms with Gasteiger partial charge in [-0.15, -0.1) is 22.0 Å². The Labute approximate surface area is 158 Å². The largest absolute Gasteiger partial charge is 0.480 e. The van der Waals surface area contributed by atoms with Crippen molar-refractivity contribution in [2.75, 3.05) is 10.7 Å². The molecule has 1 aliphatic heterocycles. The van der Waals surface area contributed by atoms with Crippen LogP contribution in [0.5, 0.6) is 0 Å². The molecule has 0 aromatic carbocycles. The molecule has 2 unspecified atom stereocenters. The quantitative estimate of drug-likeness (QED) is 0.610. The van der Waals surface area contributed by atoms with Crippen molar-refractivity contribution in [3.05, 3.63) is 5.01 Å². The molecule has 11 heteroatoms. The first-order valence-electron chi connectivity index (χ1n) is 7.99. The average Bonchev–Trinajstić information content (AvgIpc) is 3.06. The number of aliphatic carboxylic acids is 1. The minimum absolute atomic E-state index is 0.0127. The molecule has 0 aliphatic carbocycles. The van der Waals surface area contributed by atoms with Crippen molar-refractivity contribution < 1.29 is 24.3 Å². The smallest absolute Gasteiger partial charge is 0.327 e. The molecule has 1 saturated heterocycles. The number of hydrogen-bond acceptors (Lipinski definition) is 8. The van der Waals surface area contributed by atoms with E-state index in [0.29, 0.717) is 12.3 Å². The van der Waals surface area contributed by atoms with Crippen LogP contribution in [0.1, 0.15) is 32.2 Å². The zero-order chi connectivity index (χ0) is 19.4. The summed E-state index contributed by atoms with van der Waals surface area (Å²) >= 11 is 2.25. The highest BCUT2D eigenvalue weighted by Gasteiger charge is 2.42. The van der Waals surface area contributed by atoms with E-state index in [1.54, 1.807) is 0 Å². The Morgan fingerprint density at radius 2 is 2.08 bits per heavy atom. The first-order chi connectivity index (χ1) is 12.2. The molecule has 9 nitrogen and oxygen atoms in total. The van der Waals surface area contributed by atoms with Crippen LogP contribution in [0.15, 0.2) is 0 Å². The van der Waals surface area contributed by atoms with Crippen LogP contribution < -0.4 is 10.2 Å². The topological polar surface area (TPSA) is 130 Å². The number of aromatic nitrogens is 2. The van der Waals surface area contributed by atoms with Gasteiger partial charge < -0.3 is 10.4 Å². The van der Waals surface area contributed by atoms with E-state index in [-0.39, 0.29) is 23.2 Å². The molecular weight excluding hydrogens is 380 g/mol. The number of carbonyl (C=O) groups is 4. The third kappa shape index (κ3) is 5.01. The van der Waals surface area contributed by atoms with Gasteiger partial charge in [0.1, 0.15) is 11.0 Å². The number of carboxylic acid groups (broad SMARTS) is 1. The van der Waals surface area contributed by atoms with Crippen LogP contribution in [0.25, 0.3) is 0 Å². The number of hydrogen-bond donors (Lipinski definition) is 2.